The molecule has 7 heteroatoms. The van der Waals surface area contributed by atoms with Gasteiger partial charge in [-0.05, 0) is 18.9 Å². The van der Waals surface area contributed by atoms with Crippen molar-refractivity contribution < 1.29 is 4.79 Å². The second kappa shape index (κ2) is 5.00. The van der Waals surface area contributed by atoms with Crippen LogP contribution in [0.25, 0.3) is 4.96 Å². The number of hydrogen-bond donors (Lipinski definition) is 2. The average molecular weight is 301 g/mol. The maximum absolute atomic E-state index is 12.0. The summed E-state index contributed by atoms with van der Waals surface area (Å²) in [7, 11) is 0. The maximum Gasteiger partial charge on any atom is 0.271 e. The van der Waals surface area contributed by atoms with Crippen LogP contribution in [0.3, 0.4) is 0 Å². The van der Waals surface area contributed by atoms with E-state index in [1.165, 1.54) is 12.8 Å². The first-order valence-corrected chi connectivity index (χ1v) is 7.92. The highest BCUT2D eigenvalue weighted by atomic mass is 32.1. The van der Waals surface area contributed by atoms with Crippen molar-refractivity contribution in [1.82, 2.24) is 24.9 Å². The Hall–Kier alpha value is -2.15. The zero-order valence-corrected chi connectivity index (χ0v) is 12.2. The van der Waals surface area contributed by atoms with Crippen LogP contribution in [0.2, 0.25) is 0 Å². The molecule has 1 fully saturated rings. The van der Waals surface area contributed by atoms with Gasteiger partial charge in [0, 0.05) is 42.4 Å². The van der Waals surface area contributed by atoms with Crippen molar-refractivity contribution in [2.24, 2.45) is 0 Å². The van der Waals surface area contributed by atoms with Gasteiger partial charge in [0.2, 0.25) is 0 Å². The number of thiazole rings is 1. The summed E-state index contributed by atoms with van der Waals surface area (Å²) in [6.45, 7) is 0.565. The molecule has 3 aromatic rings. The molecule has 0 unspecified atom stereocenters. The molecule has 0 aromatic carbocycles. The van der Waals surface area contributed by atoms with Crippen molar-refractivity contribution in [2.45, 2.75) is 25.2 Å². The number of nitrogens with one attached hydrogen (secondary N) is 2. The second-order valence-electron chi connectivity index (χ2n) is 5.31. The molecular formula is C14H15N5OS. The van der Waals surface area contributed by atoms with E-state index < -0.39 is 0 Å². The Bertz CT molecular complexity index is 754. The first-order valence-electron chi connectivity index (χ1n) is 7.04. The first-order chi connectivity index (χ1) is 10.3. The molecule has 1 saturated carbocycles. The minimum atomic E-state index is -0.126. The third-order valence-electron chi connectivity index (χ3n) is 3.66. The molecule has 3 aromatic heterocycles. The van der Waals surface area contributed by atoms with Gasteiger partial charge in [0.25, 0.3) is 5.91 Å². The Morgan fingerprint density at radius 2 is 2.43 bits per heavy atom. The van der Waals surface area contributed by atoms with E-state index in [1.54, 1.807) is 11.3 Å². The van der Waals surface area contributed by atoms with E-state index in [2.05, 4.69) is 20.5 Å². The molecule has 4 rings (SSSR count). The van der Waals surface area contributed by atoms with Gasteiger partial charge in [0.1, 0.15) is 5.69 Å². The molecule has 1 aliphatic rings. The summed E-state index contributed by atoms with van der Waals surface area (Å²) in [5, 5.41) is 11.9. The number of rotatable bonds is 5. The number of carbonyl (C=O) groups excluding carboxylic acids is 1. The summed E-state index contributed by atoms with van der Waals surface area (Å²) >= 11 is 1.61. The summed E-state index contributed by atoms with van der Waals surface area (Å²) < 4.78 is 2.00. The lowest BCUT2D eigenvalue weighted by molar-refractivity contribution is 0.0949. The average Bonchev–Trinajstić information content (AvgIpc) is 2.88. The third-order valence-corrected chi connectivity index (χ3v) is 4.43. The number of aromatic amines is 1. The SMILES string of the molecule is O=C(NCCc1cn2ccsc2n1)c1cc(C2CC2)[nH]n1. The summed E-state index contributed by atoms with van der Waals surface area (Å²) in [5.74, 6) is 0.455. The predicted octanol–water partition coefficient (Wildman–Crippen LogP) is 1.97. The van der Waals surface area contributed by atoms with E-state index in [0.29, 0.717) is 18.2 Å². The van der Waals surface area contributed by atoms with Crippen LogP contribution in [0.15, 0.2) is 23.8 Å². The fourth-order valence-corrected chi connectivity index (χ4v) is 3.07. The summed E-state index contributed by atoms with van der Waals surface area (Å²) in [6, 6.07) is 1.86. The van der Waals surface area contributed by atoms with Crippen molar-refractivity contribution in [1.29, 1.82) is 0 Å². The highest BCUT2D eigenvalue weighted by Crippen LogP contribution is 2.38. The van der Waals surface area contributed by atoms with Crippen molar-refractivity contribution in [3.05, 3.63) is 40.9 Å². The van der Waals surface area contributed by atoms with Gasteiger partial charge in [-0.2, -0.15) is 5.10 Å². The molecule has 108 valence electrons. The highest BCUT2D eigenvalue weighted by Gasteiger charge is 2.26. The van der Waals surface area contributed by atoms with Crippen molar-refractivity contribution >= 4 is 22.2 Å². The van der Waals surface area contributed by atoms with E-state index in [1.807, 2.05) is 28.2 Å². The third kappa shape index (κ3) is 2.56. The minimum absolute atomic E-state index is 0.126. The zero-order valence-electron chi connectivity index (χ0n) is 11.4. The Morgan fingerprint density at radius 3 is 3.24 bits per heavy atom. The first kappa shape index (κ1) is 12.6. The number of carbonyl (C=O) groups is 1. The molecular weight excluding hydrogens is 286 g/mol. The van der Waals surface area contributed by atoms with E-state index in [-0.39, 0.29) is 5.91 Å². The molecule has 6 nitrogen and oxygen atoms in total. The van der Waals surface area contributed by atoms with Crippen molar-refractivity contribution in [2.75, 3.05) is 6.54 Å². The molecule has 2 N–H and O–H groups in total. The highest BCUT2D eigenvalue weighted by molar-refractivity contribution is 7.15. The predicted molar refractivity (Wildman–Crippen MR) is 79.7 cm³/mol. The van der Waals surface area contributed by atoms with Crippen LogP contribution < -0.4 is 5.32 Å². The van der Waals surface area contributed by atoms with E-state index in [4.69, 9.17) is 0 Å². The van der Waals surface area contributed by atoms with Gasteiger partial charge >= 0.3 is 0 Å². The van der Waals surface area contributed by atoms with Crippen molar-refractivity contribution in [3.63, 3.8) is 0 Å². The molecule has 0 bridgehead atoms. The Kier molecular flexibility index (Phi) is 2.99. The van der Waals surface area contributed by atoms with Crippen LogP contribution in [0.4, 0.5) is 0 Å². The molecule has 3 heterocycles. The Balaban J connectivity index is 1.33. The quantitative estimate of drug-likeness (QED) is 0.756. The summed E-state index contributed by atoms with van der Waals surface area (Å²) in [6.07, 6.45) is 7.09. The number of hydrogen-bond acceptors (Lipinski definition) is 4. The van der Waals surface area contributed by atoms with E-state index >= 15 is 0 Å². The molecule has 1 amide bonds. The molecule has 0 spiro atoms. The number of amides is 1. The van der Waals surface area contributed by atoms with Crippen LogP contribution >= 0.6 is 11.3 Å². The van der Waals surface area contributed by atoms with E-state index in [9.17, 15) is 4.79 Å². The molecule has 0 atom stereocenters. The van der Waals surface area contributed by atoms with E-state index in [0.717, 1.165) is 22.8 Å². The van der Waals surface area contributed by atoms with Gasteiger partial charge in [0.05, 0.1) is 5.69 Å². The summed E-state index contributed by atoms with van der Waals surface area (Å²) in [5.41, 5.74) is 2.54. The lowest BCUT2D eigenvalue weighted by Crippen LogP contribution is -2.26. The topological polar surface area (TPSA) is 75.1 Å². The fraction of sp³-hybridized carbons (Fsp3) is 0.357. The second-order valence-corrected chi connectivity index (χ2v) is 6.19. The lowest BCUT2D eigenvalue weighted by Gasteiger charge is -2.00. The maximum atomic E-state index is 12.0. The zero-order chi connectivity index (χ0) is 14.2. The van der Waals surface area contributed by atoms with Crippen LogP contribution in [-0.2, 0) is 6.42 Å². The molecule has 21 heavy (non-hydrogen) atoms. The normalized spacial score (nSPS) is 14.7. The van der Waals surface area contributed by atoms with Gasteiger partial charge in [-0.1, -0.05) is 0 Å². The Morgan fingerprint density at radius 1 is 1.52 bits per heavy atom. The number of H-pyrrole nitrogens is 1. The fourth-order valence-electron chi connectivity index (χ4n) is 2.35. The lowest BCUT2D eigenvalue weighted by atomic mass is 10.2. The van der Waals surface area contributed by atoms with Gasteiger partial charge in [-0.25, -0.2) is 4.98 Å². The molecule has 1 aliphatic carbocycles. The van der Waals surface area contributed by atoms with Crippen LogP contribution in [-0.4, -0.2) is 32.0 Å². The monoisotopic (exact) mass is 301 g/mol. The van der Waals surface area contributed by atoms with Crippen LogP contribution in [0, 0.1) is 0 Å². The molecule has 0 saturated heterocycles. The van der Waals surface area contributed by atoms with Crippen LogP contribution in [0.5, 0.6) is 0 Å². The van der Waals surface area contributed by atoms with Crippen LogP contribution in [0.1, 0.15) is 40.6 Å². The van der Waals surface area contributed by atoms with Crippen molar-refractivity contribution in [3.8, 4) is 0 Å². The van der Waals surface area contributed by atoms with Gasteiger partial charge in [-0.15, -0.1) is 11.3 Å². The number of imidazole rings is 1. The standard InChI is InChI=1S/C14H15N5OS/c20-13(12-7-11(17-18-12)9-1-2-9)15-4-3-10-8-19-5-6-21-14(19)16-10/h5-9H,1-4H2,(H,15,20)(H,17,18). The molecule has 0 radical (unpaired) electrons. The largest absolute Gasteiger partial charge is 0.350 e. The molecule has 0 aliphatic heterocycles. The summed E-state index contributed by atoms with van der Waals surface area (Å²) in [4.78, 5) is 17.5. The smallest absolute Gasteiger partial charge is 0.271 e. The van der Waals surface area contributed by atoms with Gasteiger partial charge < -0.3 is 5.32 Å². The number of fused-ring (bicyclic) bond motifs is 1. The van der Waals surface area contributed by atoms with Gasteiger partial charge in [0.15, 0.2) is 4.96 Å². The number of aromatic nitrogens is 4. The Labute approximate surface area is 125 Å². The minimum Gasteiger partial charge on any atom is -0.350 e. The number of nitrogens with zero attached hydrogens (tertiary/aromatic N) is 3. The van der Waals surface area contributed by atoms with Gasteiger partial charge in [-0.3, -0.25) is 14.3 Å².